The van der Waals surface area contributed by atoms with Crippen LogP contribution in [-0.4, -0.2) is 5.25 Å². The molecule has 0 aliphatic heterocycles. The van der Waals surface area contributed by atoms with Crippen LogP contribution in [0.15, 0.2) is 47.4 Å². The van der Waals surface area contributed by atoms with Crippen molar-refractivity contribution in [2.45, 2.75) is 24.0 Å². The van der Waals surface area contributed by atoms with Crippen LogP contribution in [0.3, 0.4) is 0 Å². The first-order valence-corrected chi connectivity index (χ1v) is 5.05. The molecule has 12 heavy (non-hydrogen) atoms. The molecule has 0 aliphatic carbocycles. The van der Waals surface area contributed by atoms with Crippen LogP contribution in [0.1, 0.15) is 13.8 Å². The molecule has 0 aliphatic rings. The molecular formula is C11H14S. The first-order valence-electron chi connectivity index (χ1n) is 4.17. The number of benzene rings is 1. The van der Waals surface area contributed by atoms with E-state index in [2.05, 4.69) is 50.3 Å². The molecule has 0 N–H and O–H groups in total. The van der Waals surface area contributed by atoms with Gasteiger partial charge in [0, 0.05) is 10.1 Å². The van der Waals surface area contributed by atoms with Crippen LogP contribution in [0.5, 0.6) is 0 Å². The molecule has 1 aromatic carbocycles. The molecule has 1 rings (SSSR count). The van der Waals surface area contributed by atoms with Gasteiger partial charge in [0.25, 0.3) is 0 Å². The van der Waals surface area contributed by atoms with E-state index in [1.807, 2.05) is 17.8 Å². The van der Waals surface area contributed by atoms with Crippen LogP contribution >= 0.6 is 11.8 Å². The van der Waals surface area contributed by atoms with Crippen LogP contribution in [0.4, 0.5) is 0 Å². The summed E-state index contributed by atoms with van der Waals surface area (Å²) >= 11 is 1.88. The monoisotopic (exact) mass is 178 g/mol. The predicted molar refractivity (Wildman–Crippen MR) is 56.6 cm³/mol. The van der Waals surface area contributed by atoms with Crippen LogP contribution in [-0.2, 0) is 0 Å². The summed E-state index contributed by atoms with van der Waals surface area (Å²) in [6.45, 7) is 4.26. The zero-order chi connectivity index (χ0) is 8.81. The summed E-state index contributed by atoms with van der Waals surface area (Å²) in [6.07, 6.45) is 4.30. The quantitative estimate of drug-likeness (QED) is 0.502. The molecule has 0 saturated carbocycles. The summed E-state index contributed by atoms with van der Waals surface area (Å²) in [5, 5.41) is 0.567. The summed E-state index contributed by atoms with van der Waals surface area (Å²) < 4.78 is 0. The van der Waals surface area contributed by atoms with Crippen LogP contribution in [0.25, 0.3) is 0 Å². The van der Waals surface area contributed by atoms with Gasteiger partial charge in [-0.1, -0.05) is 30.4 Å². The second-order valence-corrected chi connectivity index (χ2v) is 4.11. The normalized spacial score (nSPS) is 13.5. The van der Waals surface area contributed by atoms with Crippen LogP contribution in [0, 0.1) is 0 Å². The van der Waals surface area contributed by atoms with Gasteiger partial charge in [0.1, 0.15) is 0 Å². The maximum absolute atomic E-state index is 2.21. The Kier molecular flexibility index (Phi) is 3.95. The third-order valence-corrected chi connectivity index (χ3v) is 2.60. The molecular weight excluding hydrogens is 164 g/mol. The molecule has 1 unspecified atom stereocenters. The third kappa shape index (κ3) is 3.14. The Morgan fingerprint density at radius 3 is 2.50 bits per heavy atom. The average molecular weight is 178 g/mol. The van der Waals surface area contributed by atoms with E-state index in [0.29, 0.717) is 5.25 Å². The van der Waals surface area contributed by atoms with E-state index in [4.69, 9.17) is 0 Å². The average Bonchev–Trinajstić information content (AvgIpc) is 2.06. The Bertz CT molecular complexity index is 238. The third-order valence-electron chi connectivity index (χ3n) is 1.53. The SMILES string of the molecule is C/C=C\C(C)Sc1ccccc1. The Labute approximate surface area is 78.7 Å². The minimum absolute atomic E-state index is 0.567. The highest BCUT2D eigenvalue weighted by Gasteiger charge is 1.97. The summed E-state index contributed by atoms with van der Waals surface area (Å²) in [5.74, 6) is 0. The zero-order valence-corrected chi connectivity index (χ0v) is 8.34. The van der Waals surface area contributed by atoms with Gasteiger partial charge in [-0.3, -0.25) is 0 Å². The minimum Gasteiger partial charge on any atom is -0.119 e. The molecule has 1 aromatic rings. The lowest BCUT2D eigenvalue weighted by Crippen LogP contribution is -1.88. The molecule has 64 valence electrons. The van der Waals surface area contributed by atoms with Crippen molar-refractivity contribution in [2.24, 2.45) is 0 Å². The van der Waals surface area contributed by atoms with Crippen molar-refractivity contribution in [2.75, 3.05) is 0 Å². The highest BCUT2D eigenvalue weighted by molar-refractivity contribution is 8.00. The molecule has 1 heteroatoms. The Hall–Kier alpha value is -0.690. The van der Waals surface area contributed by atoms with Crippen molar-refractivity contribution in [1.29, 1.82) is 0 Å². The van der Waals surface area contributed by atoms with E-state index in [0.717, 1.165) is 0 Å². The molecule has 0 radical (unpaired) electrons. The Balaban J connectivity index is 2.52. The standard InChI is InChI=1S/C11H14S/c1-3-7-10(2)12-11-8-5-4-6-9-11/h3-10H,1-2H3/b7-3-. The van der Waals surface area contributed by atoms with Gasteiger partial charge < -0.3 is 0 Å². The highest BCUT2D eigenvalue weighted by Crippen LogP contribution is 2.22. The topological polar surface area (TPSA) is 0 Å². The van der Waals surface area contributed by atoms with E-state index >= 15 is 0 Å². The van der Waals surface area contributed by atoms with Gasteiger partial charge in [0.05, 0.1) is 0 Å². The smallest absolute Gasteiger partial charge is 0.0246 e. The van der Waals surface area contributed by atoms with Crippen molar-refractivity contribution in [3.8, 4) is 0 Å². The van der Waals surface area contributed by atoms with E-state index in [1.54, 1.807) is 0 Å². The minimum atomic E-state index is 0.567. The summed E-state index contributed by atoms with van der Waals surface area (Å²) in [7, 11) is 0. The molecule has 0 aromatic heterocycles. The molecule has 0 heterocycles. The molecule has 0 saturated heterocycles. The zero-order valence-electron chi connectivity index (χ0n) is 7.53. The van der Waals surface area contributed by atoms with Crippen molar-refractivity contribution in [3.63, 3.8) is 0 Å². The molecule has 0 spiro atoms. The number of hydrogen-bond acceptors (Lipinski definition) is 1. The predicted octanol–water partition coefficient (Wildman–Crippen LogP) is 3.74. The second-order valence-electron chi connectivity index (χ2n) is 2.66. The Morgan fingerprint density at radius 1 is 1.25 bits per heavy atom. The Morgan fingerprint density at radius 2 is 1.92 bits per heavy atom. The number of hydrogen-bond donors (Lipinski definition) is 0. The number of rotatable bonds is 3. The molecule has 0 amide bonds. The maximum atomic E-state index is 2.21. The summed E-state index contributed by atoms with van der Waals surface area (Å²) in [4.78, 5) is 1.34. The largest absolute Gasteiger partial charge is 0.119 e. The lowest BCUT2D eigenvalue weighted by molar-refractivity contribution is 1.23. The fourth-order valence-corrected chi connectivity index (χ4v) is 2.00. The van der Waals surface area contributed by atoms with Gasteiger partial charge in [0.2, 0.25) is 0 Å². The first kappa shape index (κ1) is 9.40. The van der Waals surface area contributed by atoms with Gasteiger partial charge in [0.15, 0.2) is 0 Å². The van der Waals surface area contributed by atoms with E-state index < -0.39 is 0 Å². The van der Waals surface area contributed by atoms with E-state index in [1.165, 1.54) is 4.90 Å². The van der Waals surface area contributed by atoms with Crippen LogP contribution < -0.4 is 0 Å². The van der Waals surface area contributed by atoms with Crippen molar-refractivity contribution < 1.29 is 0 Å². The van der Waals surface area contributed by atoms with Crippen molar-refractivity contribution in [1.82, 2.24) is 0 Å². The molecule has 0 nitrogen and oxygen atoms in total. The van der Waals surface area contributed by atoms with Gasteiger partial charge in [-0.05, 0) is 26.0 Å². The lowest BCUT2D eigenvalue weighted by atomic mass is 10.4. The van der Waals surface area contributed by atoms with Crippen molar-refractivity contribution in [3.05, 3.63) is 42.5 Å². The molecule has 0 fully saturated rings. The first-order chi connectivity index (χ1) is 5.83. The van der Waals surface area contributed by atoms with E-state index in [-0.39, 0.29) is 0 Å². The van der Waals surface area contributed by atoms with Gasteiger partial charge in [-0.2, -0.15) is 0 Å². The fourth-order valence-electron chi connectivity index (χ4n) is 1.02. The van der Waals surface area contributed by atoms with Gasteiger partial charge >= 0.3 is 0 Å². The molecule has 1 atom stereocenters. The highest BCUT2D eigenvalue weighted by atomic mass is 32.2. The second kappa shape index (κ2) is 5.04. The number of thioether (sulfide) groups is 1. The number of allylic oxidation sites excluding steroid dienone is 1. The van der Waals surface area contributed by atoms with Gasteiger partial charge in [-0.15, -0.1) is 11.8 Å². The van der Waals surface area contributed by atoms with Gasteiger partial charge in [-0.25, -0.2) is 0 Å². The fraction of sp³-hybridized carbons (Fsp3) is 0.273. The summed E-state index contributed by atoms with van der Waals surface area (Å²) in [5.41, 5.74) is 0. The maximum Gasteiger partial charge on any atom is 0.0246 e. The van der Waals surface area contributed by atoms with Crippen LogP contribution in [0.2, 0.25) is 0 Å². The lowest BCUT2D eigenvalue weighted by Gasteiger charge is -2.04. The summed E-state index contributed by atoms with van der Waals surface area (Å²) in [6, 6.07) is 10.5. The van der Waals surface area contributed by atoms with E-state index in [9.17, 15) is 0 Å². The molecule has 0 bridgehead atoms. The van der Waals surface area contributed by atoms with Crippen molar-refractivity contribution >= 4 is 11.8 Å².